The minimum Gasteiger partial charge on any atom is -0.295 e. The first-order chi connectivity index (χ1) is 5.68. The fourth-order valence-corrected chi connectivity index (χ4v) is 0.885. The molecule has 1 aromatic rings. The zero-order valence-electron chi connectivity index (χ0n) is 7.24. The summed E-state index contributed by atoms with van der Waals surface area (Å²) in [7, 11) is 0. The number of aryl methyl sites for hydroxylation is 1. The normalized spacial score (nSPS) is 10.5. The number of ketones is 1. The zero-order chi connectivity index (χ0) is 8.97. The lowest BCUT2D eigenvalue weighted by Crippen LogP contribution is -1.82. The van der Waals surface area contributed by atoms with Crippen molar-refractivity contribution < 1.29 is 4.79 Å². The van der Waals surface area contributed by atoms with Gasteiger partial charge in [-0.05, 0) is 37.6 Å². The largest absolute Gasteiger partial charge is 0.295 e. The van der Waals surface area contributed by atoms with Gasteiger partial charge in [0.2, 0.25) is 0 Å². The number of rotatable bonds is 2. The molecular formula is C10H11NO. The van der Waals surface area contributed by atoms with Gasteiger partial charge in [0.15, 0.2) is 5.78 Å². The van der Waals surface area contributed by atoms with Crippen molar-refractivity contribution in [1.82, 2.24) is 4.98 Å². The molecule has 0 amide bonds. The van der Waals surface area contributed by atoms with Gasteiger partial charge < -0.3 is 0 Å². The van der Waals surface area contributed by atoms with Gasteiger partial charge in [0.25, 0.3) is 0 Å². The molecule has 0 aliphatic rings. The number of carbonyl (C=O) groups excluding carboxylic acids is 1. The summed E-state index contributed by atoms with van der Waals surface area (Å²) in [6.45, 7) is 3.45. The molecular weight excluding hydrogens is 150 g/mol. The molecule has 0 fully saturated rings. The number of pyridine rings is 1. The van der Waals surface area contributed by atoms with Crippen LogP contribution < -0.4 is 0 Å². The number of hydrogen-bond acceptors (Lipinski definition) is 2. The molecule has 1 heterocycles. The van der Waals surface area contributed by atoms with Crippen molar-refractivity contribution >= 4 is 11.9 Å². The van der Waals surface area contributed by atoms with Crippen molar-refractivity contribution in [2.24, 2.45) is 0 Å². The van der Waals surface area contributed by atoms with E-state index < -0.39 is 0 Å². The molecule has 1 rings (SSSR count). The summed E-state index contributed by atoms with van der Waals surface area (Å²) < 4.78 is 0. The Labute approximate surface area is 71.9 Å². The Kier molecular flexibility index (Phi) is 2.75. The lowest BCUT2D eigenvalue weighted by atomic mass is 10.2. The Balaban J connectivity index is 2.83. The van der Waals surface area contributed by atoms with E-state index in [-0.39, 0.29) is 5.78 Å². The molecule has 0 N–H and O–H groups in total. The van der Waals surface area contributed by atoms with Gasteiger partial charge in [0.1, 0.15) is 0 Å². The first-order valence-corrected chi connectivity index (χ1v) is 3.80. The molecule has 12 heavy (non-hydrogen) atoms. The summed E-state index contributed by atoms with van der Waals surface area (Å²) in [6.07, 6.45) is 5.07. The second-order valence-electron chi connectivity index (χ2n) is 2.67. The van der Waals surface area contributed by atoms with Crippen LogP contribution in [0.15, 0.2) is 24.4 Å². The molecule has 0 aromatic carbocycles. The third kappa shape index (κ3) is 2.66. The maximum absolute atomic E-state index is 10.6. The SMILES string of the molecule is CC(=O)C=Cc1ccnc(C)c1. The van der Waals surface area contributed by atoms with Crippen molar-refractivity contribution in [3.63, 3.8) is 0 Å². The molecule has 1 aromatic heterocycles. The molecule has 62 valence electrons. The van der Waals surface area contributed by atoms with E-state index in [0.29, 0.717) is 0 Å². The van der Waals surface area contributed by atoms with E-state index in [1.54, 1.807) is 18.3 Å². The maximum atomic E-state index is 10.6. The minimum absolute atomic E-state index is 0.0597. The average Bonchev–Trinajstić information content (AvgIpc) is 2.01. The highest BCUT2D eigenvalue weighted by atomic mass is 16.1. The van der Waals surface area contributed by atoms with Gasteiger partial charge >= 0.3 is 0 Å². The van der Waals surface area contributed by atoms with Crippen LogP contribution in [-0.2, 0) is 4.79 Å². The van der Waals surface area contributed by atoms with Gasteiger partial charge in [-0.15, -0.1) is 0 Å². The zero-order valence-corrected chi connectivity index (χ0v) is 7.24. The van der Waals surface area contributed by atoms with E-state index in [4.69, 9.17) is 0 Å². The summed E-state index contributed by atoms with van der Waals surface area (Å²) >= 11 is 0. The van der Waals surface area contributed by atoms with E-state index in [1.165, 1.54) is 6.92 Å². The Bertz CT molecular complexity index is 315. The first-order valence-electron chi connectivity index (χ1n) is 3.80. The Morgan fingerprint density at radius 2 is 2.33 bits per heavy atom. The third-order valence-corrected chi connectivity index (χ3v) is 1.43. The van der Waals surface area contributed by atoms with Gasteiger partial charge in [0.05, 0.1) is 0 Å². The van der Waals surface area contributed by atoms with Gasteiger partial charge in [-0.3, -0.25) is 9.78 Å². The summed E-state index contributed by atoms with van der Waals surface area (Å²) in [6, 6.07) is 3.80. The van der Waals surface area contributed by atoms with Crippen LogP contribution in [0.1, 0.15) is 18.2 Å². The molecule has 0 unspecified atom stereocenters. The van der Waals surface area contributed by atoms with Crippen LogP contribution in [0.25, 0.3) is 6.08 Å². The molecule has 0 saturated heterocycles. The molecule has 0 aliphatic heterocycles. The standard InChI is InChI=1S/C10H11NO/c1-8-7-10(5-6-11-8)4-3-9(2)12/h3-7H,1-2H3. The number of carbonyl (C=O) groups is 1. The molecule has 0 radical (unpaired) electrons. The Morgan fingerprint density at radius 1 is 1.58 bits per heavy atom. The molecule has 0 saturated carbocycles. The number of aromatic nitrogens is 1. The fraction of sp³-hybridized carbons (Fsp3) is 0.200. The van der Waals surface area contributed by atoms with E-state index in [1.807, 2.05) is 19.1 Å². The summed E-state index contributed by atoms with van der Waals surface area (Å²) in [4.78, 5) is 14.6. The van der Waals surface area contributed by atoms with Crippen molar-refractivity contribution in [3.05, 3.63) is 35.7 Å². The predicted molar refractivity (Wildman–Crippen MR) is 48.7 cm³/mol. The number of allylic oxidation sites excluding steroid dienone is 1. The monoisotopic (exact) mass is 161 g/mol. The van der Waals surface area contributed by atoms with Crippen LogP contribution in [0.5, 0.6) is 0 Å². The molecule has 0 aliphatic carbocycles. The van der Waals surface area contributed by atoms with Crippen molar-refractivity contribution in [2.45, 2.75) is 13.8 Å². The predicted octanol–water partition coefficient (Wildman–Crippen LogP) is 1.99. The van der Waals surface area contributed by atoms with E-state index in [9.17, 15) is 4.79 Å². The van der Waals surface area contributed by atoms with Crippen LogP contribution in [0, 0.1) is 6.92 Å². The van der Waals surface area contributed by atoms with Crippen LogP contribution in [0.3, 0.4) is 0 Å². The minimum atomic E-state index is 0.0597. The quantitative estimate of drug-likeness (QED) is 0.621. The van der Waals surface area contributed by atoms with Crippen molar-refractivity contribution in [2.75, 3.05) is 0 Å². The van der Waals surface area contributed by atoms with Crippen molar-refractivity contribution in [1.29, 1.82) is 0 Å². The first kappa shape index (κ1) is 8.65. The second kappa shape index (κ2) is 3.81. The van der Waals surface area contributed by atoms with Gasteiger partial charge in [-0.1, -0.05) is 6.08 Å². The molecule has 0 spiro atoms. The lowest BCUT2D eigenvalue weighted by molar-refractivity contribution is -0.112. The molecule has 0 bridgehead atoms. The van der Waals surface area contributed by atoms with E-state index in [2.05, 4.69) is 4.98 Å². The topological polar surface area (TPSA) is 30.0 Å². The van der Waals surface area contributed by atoms with Gasteiger partial charge in [-0.2, -0.15) is 0 Å². The lowest BCUT2D eigenvalue weighted by Gasteiger charge is -1.93. The van der Waals surface area contributed by atoms with E-state index in [0.717, 1.165) is 11.3 Å². The third-order valence-electron chi connectivity index (χ3n) is 1.43. The number of hydrogen-bond donors (Lipinski definition) is 0. The van der Waals surface area contributed by atoms with Crippen LogP contribution >= 0.6 is 0 Å². The summed E-state index contributed by atoms with van der Waals surface area (Å²) in [5.74, 6) is 0.0597. The second-order valence-corrected chi connectivity index (χ2v) is 2.67. The molecule has 2 nitrogen and oxygen atoms in total. The highest BCUT2D eigenvalue weighted by Gasteiger charge is 1.88. The fourth-order valence-electron chi connectivity index (χ4n) is 0.885. The highest BCUT2D eigenvalue weighted by Crippen LogP contribution is 2.02. The number of nitrogens with zero attached hydrogens (tertiary/aromatic N) is 1. The van der Waals surface area contributed by atoms with Crippen LogP contribution in [0.4, 0.5) is 0 Å². The summed E-state index contributed by atoms with van der Waals surface area (Å²) in [5.41, 5.74) is 1.97. The molecule has 0 atom stereocenters. The van der Waals surface area contributed by atoms with Gasteiger partial charge in [-0.25, -0.2) is 0 Å². The molecule has 2 heteroatoms. The summed E-state index contributed by atoms with van der Waals surface area (Å²) in [5, 5.41) is 0. The highest BCUT2D eigenvalue weighted by molar-refractivity contribution is 5.91. The van der Waals surface area contributed by atoms with E-state index >= 15 is 0 Å². The van der Waals surface area contributed by atoms with Crippen LogP contribution in [0.2, 0.25) is 0 Å². The van der Waals surface area contributed by atoms with Gasteiger partial charge in [0, 0.05) is 11.9 Å². The van der Waals surface area contributed by atoms with Crippen LogP contribution in [-0.4, -0.2) is 10.8 Å². The van der Waals surface area contributed by atoms with Crippen molar-refractivity contribution in [3.8, 4) is 0 Å². The Hall–Kier alpha value is -1.44. The smallest absolute Gasteiger partial charge is 0.152 e. The average molecular weight is 161 g/mol. The Morgan fingerprint density at radius 3 is 2.92 bits per heavy atom. The maximum Gasteiger partial charge on any atom is 0.152 e.